The molecule has 3 atom stereocenters. The standard InChI is InChI=1S/C23H29NO4/c1-4-5-6-17(2)21(25)13-11-20-12-14-22(26)24(20)16-19-9-7-18(8-10-19)15-23(27)28-3/h7-11,13,17,20-21,25H,6,12,14-16H2,1-3H3/b13-11+/t17?,20-,21+/m0/s1. The molecule has 28 heavy (non-hydrogen) atoms. The third-order valence-corrected chi connectivity index (χ3v) is 5.04. The van der Waals surface area contributed by atoms with Gasteiger partial charge in [0.15, 0.2) is 0 Å². The molecule has 0 bridgehead atoms. The fourth-order valence-electron chi connectivity index (χ4n) is 3.17. The summed E-state index contributed by atoms with van der Waals surface area (Å²) in [7, 11) is 1.37. The van der Waals surface area contributed by atoms with Crippen LogP contribution in [0.4, 0.5) is 0 Å². The van der Waals surface area contributed by atoms with Gasteiger partial charge >= 0.3 is 5.97 Å². The quantitative estimate of drug-likeness (QED) is 0.426. The Kier molecular flexibility index (Phi) is 8.28. The number of ether oxygens (including phenoxy) is 1. The Bertz CT molecular complexity index is 757. The van der Waals surface area contributed by atoms with Crippen molar-refractivity contribution in [3.63, 3.8) is 0 Å². The number of nitrogens with zero attached hydrogens (tertiary/aromatic N) is 1. The maximum atomic E-state index is 12.3. The first-order valence-electron chi connectivity index (χ1n) is 9.64. The van der Waals surface area contributed by atoms with Crippen LogP contribution in [0.15, 0.2) is 36.4 Å². The van der Waals surface area contributed by atoms with E-state index in [1.807, 2.05) is 42.2 Å². The van der Waals surface area contributed by atoms with E-state index in [1.165, 1.54) is 7.11 Å². The average Bonchev–Trinajstić information content (AvgIpc) is 3.05. The van der Waals surface area contributed by atoms with Crippen LogP contribution in [0.1, 0.15) is 44.2 Å². The van der Waals surface area contributed by atoms with Crippen LogP contribution in [0.25, 0.3) is 0 Å². The number of methoxy groups -OCH3 is 1. The minimum atomic E-state index is -0.573. The molecule has 5 nitrogen and oxygen atoms in total. The molecule has 150 valence electrons. The molecule has 0 radical (unpaired) electrons. The van der Waals surface area contributed by atoms with Crippen LogP contribution in [0.2, 0.25) is 0 Å². The van der Waals surface area contributed by atoms with Gasteiger partial charge in [0.2, 0.25) is 5.91 Å². The first kappa shape index (κ1) is 21.7. The zero-order valence-corrected chi connectivity index (χ0v) is 16.9. The second-order valence-corrected chi connectivity index (χ2v) is 7.18. The summed E-state index contributed by atoms with van der Waals surface area (Å²) in [4.78, 5) is 25.5. The molecule has 1 aromatic rings. The van der Waals surface area contributed by atoms with E-state index in [4.69, 9.17) is 0 Å². The van der Waals surface area contributed by atoms with E-state index in [9.17, 15) is 14.7 Å². The van der Waals surface area contributed by atoms with Gasteiger partial charge in [0.25, 0.3) is 0 Å². The predicted molar refractivity (Wildman–Crippen MR) is 108 cm³/mol. The number of amides is 1. The highest BCUT2D eigenvalue weighted by molar-refractivity contribution is 5.79. The van der Waals surface area contributed by atoms with Crippen molar-refractivity contribution in [2.45, 2.75) is 58.2 Å². The lowest BCUT2D eigenvalue weighted by atomic mass is 10.00. The van der Waals surface area contributed by atoms with Crippen molar-refractivity contribution >= 4 is 11.9 Å². The molecule has 1 aliphatic heterocycles. The van der Waals surface area contributed by atoms with Crippen molar-refractivity contribution in [2.75, 3.05) is 7.11 Å². The highest BCUT2D eigenvalue weighted by atomic mass is 16.5. The van der Waals surface area contributed by atoms with Crippen molar-refractivity contribution in [1.82, 2.24) is 4.90 Å². The Hall–Kier alpha value is -2.58. The first-order chi connectivity index (χ1) is 13.4. The van der Waals surface area contributed by atoms with Gasteiger partial charge in [0.1, 0.15) is 0 Å². The Morgan fingerprint density at radius 2 is 2.04 bits per heavy atom. The topological polar surface area (TPSA) is 66.8 Å². The van der Waals surface area contributed by atoms with Gasteiger partial charge in [0.05, 0.1) is 25.7 Å². The van der Waals surface area contributed by atoms with Crippen LogP contribution in [0.5, 0.6) is 0 Å². The molecule has 1 N–H and O–H groups in total. The molecule has 0 aliphatic carbocycles. The van der Waals surface area contributed by atoms with E-state index in [0.717, 1.165) is 17.5 Å². The fourth-order valence-corrected chi connectivity index (χ4v) is 3.17. The first-order valence-corrected chi connectivity index (χ1v) is 9.64. The normalized spacial score (nSPS) is 18.6. The number of benzene rings is 1. The Labute approximate surface area is 167 Å². The number of carbonyl (C=O) groups excluding carboxylic acids is 2. The second kappa shape index (κ2) is 10.7. The Balaban J connectivity index is 1.98. The summed E-state index contributed by atoms with van der Waals surface area (Å²) >= 11 is 0. The minimum absolute atomic E-state index is 0.0126. The largest absolute Gasteiger partial charge is 0.469 e. The molecule has 0 aromatic heterocycles. The molecule has 1 saturated heterocycles. The number of aliphatic hydroxyl groups excluding tert-OH is 1. The van der Waals surface area contributed by atoms with E-state index >= 15 is 0 Å². The zero-order valence-electron chi connectivity index (χ0n) is 16.9. The van der Waals surface area contributed by atoms with Crippen molar-refractivity contribution in [2.24, 2.45) is 5.92 Å². The van der Waals surface area contributed by atoms with Gasteiger partial charge in [-0.3, -0.25) is 9.59 Å². The third-order valence-electron chi connectivity index (χ3n) is 5.04. The Morgan fingerprint density at radius 1 is 1.36 bits per heavy atom. The number of aliphatic hydroxyl groups is 1. The zero-order chi connectivity index (χ0) is 20.5. The maximum Gasteiger partial charge on any atom is 0.309 e. The SMILES string of the molecule is CC#CCC(C)[C@H](O)/C=C/[C@H]1CCC(=O)N1Cc1ccc(CC(=O)OC)cc1. The van der Waals surface area contributed by atoms with Gasteiger partial charge in [0, 0.05) is 19.4 Å². The number of likely N-dealkylation sites (tertiary alicyclic amines) is 1. The number of rotatable bonds is 8. The summed E-state index contributed by atoms with van der Waals surface area (Å²) in [6.07, 6.45) is 5.32. The number of hydrogen-bond donors (Lipinski definition) is 1. The van der Waals surface area contributed by atoms with E-state index in [2.05, 4.69) is 16.6 Å². The van der Waals surface area contributed by atoms with E-state index in [0.29, 0.717) is 19.4 Å². The fraction of sp³-hybridized carbons (Fsp3) is 0.478. The molecule has 0 saturated carbocycles. The number of hydrogen-bond acceptors (Lipinski definition) is 4. The molecule has 1 amide bonds. The van der Waals surface area contributed by atoms with Crippen molar-refractivity contribution in [3.8, 4) is 11.8 Å². The van der Waals surface area contributed by atoms with Gasteiger partial charge in [-0.2, -0.15) is 0 Å². The molecular weight excluding hydrogens is 354 g/mol. The average molecular weight is 383 g/mol. The lowest BCUT2D eigenvalue weighted by molar-refractivity contribution is -0.139. The summed E-state index contributed by atoms with van der Waals surface area (Å²) in [6.45, 7) is 4.27. The van der Waals surface area contributed by atoms with E-state index in [1.54, 1.807) is 13.0 Å². The summed E-state index contributed by atoms with van der Waals surface area (Å²) in [5.41, 5.74) is 1.89. The van der Waals surface area contributed by atoms with Crippen molar-refractivity contribution < 1.29 is 19.4 Å². The van der Waals surface area contributed by atoms with Gasteiger partial charge in [-0.15, -0.1) is 11.8 Å². The van der Waals surface area contributed by atoms with Crippen molar-refractivity contribution in [1.29, 1.82) is 0 Å². The molecule has 0 spiro atoms. The van der Waals surface area contributed by atoms with Crippen LogP contribution in [0, 0.1) is 17.8 Å². The molecule has 1 aromatic carbocycles. The smallest absolute Gasteiger partial charge is 0.309 e. The third kappa shape index (κ3) is 6.24. The maximum absolute atomic E-state index is 12.3. The summed E-state index contributed by atoms with van der Waals surface area (Å²) in [5.74, 6) is 5.73. The highest BCUT2D eigenvalue weighted by Crippen LogP contribution is 2.23. The van der Waals surface area contributed by atoms with E-state index in [-0.39, 0.29) is 30.3 Å². The summed E-state index contributed by atoms with van der Waals surface area (Å²) in [6, 6.07) is 7.63. The predicted octanol–water partition coefficient (Wildman–Crippen LogP) is 2.86. The minimum Gasteiger partial charge on any atom is -0.469 e. The van der Waals surface area contributed by atoms with Crippen LogP contribution < -0.4 is 0 Å². The van der Waals surface area contributed by atoms with Crippen LogP contribution >= 0.6 is 0 Å². The molecule has 1 fully saturated rings. The van der Waals surface area contributed by atoms with Crippen LogP contribution in [0.3, 0.4) is 0 Å². The molecule has 1 aliphatic rings. The molecule has 5 heteroatoms. The van der Waals surface area contributed by atoms with Crippen LogP contribution in [-0.4, -0.2) is 41.1 Å². The molecular formula is C23H29NO4. The van der Waals surface area contributed by atoms with Crippen LogP contribution in [-0.2, 0) is 27.3 Å². The number of carbonyl (C=O) groups is 2. The lowest BCUT2D eigenvalue weighted by Gasteiger charge is -2.23. The second-order valence-electron chi connectivity index (χ2n) is 7.18. The summed E-state index contributed by atoms with van der Waals surface area (Å²) in [5, 5.41) is 10.3. The van der Waals surface area contributed by atoms with Gasteiger partial charge in [-0.1, -0.05) is 43.3 Å². The van der Waals surface area contributed by atoms with E-state index < -0.39 is 6.10 Å². The lowest BCUT2D eigenvalue weighted by Crippen LogP contribution is -2.31. The molecule has 1 heterocycles. The summed E-state index contributed by atoms with van der Waals surface area (Å²) < 4.78 is 4.68. The van der Waals surface area contributed by atoms with Gasteiger partial charge < -0.3 is 14.7 Å². The number of esters is 1. The van der Waals surface area contributed by atoms with Crippen molar-refractivity contribution in [3.05, 3.63) is 47.5 Å². The van der Waals surface area contributed by atoms with Gasteiger partial charge in [-0.05, 0) is 30.4 Å². The monoisotopic (exact) mass is 383 g/mol. The Morgan fingerprint density at radius 3 is 2.68 bits per heavy atom. The highest BCUT2D eigenvalue weighted by Gasteiger charge is 2.29. The molecule has 1 unspecified atom stereocenters. The molecule has 2 rings (SSSR count). The van der Waals surface area contributed by atoms with Gasteiger partial charge in [-0.25, -0.2) is 0 Å².